The highest BCUT2D eigenvalue weighted by molar-refractivity contribution is 9.09. The van der Waals surface area contributed by atoms with Gasteiger partial charge in [0.15, 0.2) is 0 Å². The van der Waals surface area contributed by atoms with E-state index in [4.69, 9.17) is 0 Å². The summed E-state index contributed by atoms with van der Waals surface area (Å²) in [6.45, 7) is 0. The second kappa shape index (κ2) is 12.0. The molecule has 0 aromatic carbocycles. The van der Waals surface area contributed by atoms with Gasteiger partial charge in [-0.2, -0.15) is 0 Å². The molecule has 0 unspecified atom stereocenters. The molecule has 0 spiro atoms. The van der Waals surface area contributed by atoms with Crippen LogP contribution in [0.3, 0.4) is 0 Å². The SMILES string of the molecule is [CH2]NC(=O)CCCCCCCCCCBr. The van der Waals surface area contributed by atoms with Crippen LogP contribution in [0.15, 0.2) is 0 Å². The predicted molar refractivity (Wildman–Crippen MR) is 68.8 cm³/mol. The van der Waals surface area contributed by atoms with Crippen LogP contribution < -0.4 is 5.32 Å². The Morgan fingerprint density at radius 1 is 0.933 bits per heavy atom. The van der Waals surface area contributed by atoms with Crippen LogP contribution in [-0.2, 0) is 4.79 Å². The monoisotopic (exact) mass is 276 g/mol. The summed E-state index contributed by atoms with van der Waals surface area (Å²) in [5, 5.41) is 3.53. The van der Waals surface area contributed by atoms with E-state index in [1.54, 1.807) is 0 Å². The van der Waals surface area contributed by atoms with Crippen molar-refractivity contribution < 1.29 is 4.79 Å². The van der Waals surface area contributed by atoms with E-state index in [2.05, 4.69) is 28.3 Å². The number of carbonyl (C=O) groups is 1. The largest absolute Gasteiger partial charge is 0.354 e. The van der Waals surface area contributed by atoms with Crippen molar-refractivity contribution in [2.24, 2.45) is 0 Å². The van der Waals surface area contributed by atoms with Crippen LogP contribution in [-0.4, -0.2) is 11.2 Å². The van der Waals surface area contributed by atoms with Crippen molar-refractivity contribution >= 4 is 21.8 Å². The number of rotatable bonds is 10. The van der Waals surface area contributed by atoms with E-state index in [1.165, 1.54) is 44.9 Å². The van der Waals surface area contributed by atoms with Crippen LogP contribution in [0.5, 0.6) is 0 Å². The molecule has 0 saturated carbocycles. The molecule has 1 N–H and O–H groups in total. The summed E-state index contributed by atoms with van der Waals surface area (Å²) >= 11 is 3.43. The zero-order valence-corrected chi connectivity index (χ0v) is 11.2. The third-order valence-electron chi connectivity index (χ3n) is 2.48. The lowest BCUT2D eigenvalue weighted by molar-refractivity contribution is -0.120. The van der Waals surface area contributed by atoms with Crippen molar-refractivity contribution in [2.45, 2.75) is 57.8 Å². The molecule has 0 rings (SSSR count). The quantitative estimate of drug-likeness (QED) is 0.477. The van der Waals surface area contributed by atoms with Crippen LogP contribution >= 0.6 is 15.9 Å². The lowest BCUT2D eigenvalue weighted by atomic mass is 10.1. The molecule has 0 bridgehead atoms. The molecule has 3 heteroatoms. The van der Waals surface area contributed by atoms with Crippen LogP contribution in [0.4, 0.5) is 0 Å². The maximum absolute atomic E-state index is 10.8. The molecule has 0 heterocycles. The Balaban J connectivity index is 2.95. The Labute approximate surface area is 102 Å². The number of amides is 1. The first-order valence-electron chi connectivity index (χ1n) is 5.93. The molecular formula is C12H23BrNO. The molecule has 0 atom stereocenters. The zero-order valence-electron chi connectivity index (χ0n) is 9.56. The van der Waals surface area contributed by atoms with E-state index in [9.17, 15) is 4.79 Å². The maximum Gasteiger partial charge on any atom is 0.220 e. The van der Waals surface area contributed by atoms with Gasteiger partial charge in [0.1, 0.15) is 0 Å². The Bertz CT molecular complexity index is 151. The fourth-order valence-electron chi connectivity index (χ4n) is 1.53. The molecule has 0 aliphatic rings. The molecule has 0 saturated heterocycles. The Morgan fingerprint density at radius 3 is 1.87 bits per heavy atom. The van der Waals surface area contributed by atoms with Crippen LogP contribution in [0, 0.1) is 7.05 Å². The first-order chi connectivity index (χ1) is 7.31. The van der Waals surface area contributed by atoms with Crippen molar-refractivity contribution in [3.05, 3.63) is 7.05 Å². The van der Waals surface area contributed by atoms with E-state index in [0.717, 1.165) is 11.8 Å². The molecule has 1 amide bonds. The molecule has 89 valence electrons. The fraction of sp³-hybridized carbons (Fsp3) is 0.833. The molecule has 0 aromatic heterocycles. The first-order valence-corrected chi connectivity index (χ1v) is 7.05. The predicted octanol–water partition coefficient (Wildman–Crippen LogP) is 3.80. The van der Waals surface area contributed by atoms with Crippen molar-refractivity contribution in [3.63, 3.8) is 0 Å². The second-order valence-corrected chi connectivity index (χ2v) is 4.66. The highest BCUT2D eigenvalue weighted by atomic mass is 79.9. The number of carbonyl (C=O) groups excluding carboxylic acids is 1. The topological polar surface area (TPSA) is 29.1 Å². The lowest BCUT2D eigenvalue weighted by Crippen LogP contribution is -2.14. The Kier molecular flexibility index (Phi) is 12.0. The van der Waals surface area contributed by atoms with Crippen molar-refractivity contribution in [1.82, 2.24) is 5.32 Å². The third kappa shape index (κ3) is 11.9. The van der Waals surface area contributed by atoms with Crippen LogP contribution in [0.1, 0.15) is 57.8 Å². The van der Waals surface area contributed by atoms with Gasteiger partial charge in [-0.1, -0.05) is 54.5 Å². The van der Waals surface area contributed by atoms with Gasteiger partial charge < -0.3 is 5.32 Å². The second-order valence-electron chi connectivity index (χ2n) is 3.87. The van der Waals surface area contributed by atoms with Gasteiger partial charge in [0.25, 0.3) is 0 Å². The summed E-state index contributed by atoms with van der Waals surface area (Å²) in [6, 6.07) is 0. The molecule has 2 nitrogen and oxygen atoms in total. The smallest absolute Gasteiger partial charge is 0.220 e. The Morgan fingerprint density at radius 2 is 1.40 bits per heavy atom. The highest BCUT2D eigenvalue weighted by Crippen LogP contribution is 2.10. The number of alkyl halides is 1. The summed E-state index contributed by atoms with van der Waals surface area (Å²) in [7, 11) is 3.34. The van der Waals surface area contributed by atoms with Crippen LogP contribution in [0.2, 0.25) is 0 Å². The van der Waals surface area contributed by atoms with Gasteiger partial charge in [0, 0.05) is 18.8 Å². The molecule has 0 aliphatic heterocycles. The summed E-state index contributed by atoms with van der Waals surface area (Å²) in [5.74, 6) is 0.0623. The van der Waals surface area contributed by atoms with E-state index in [0.29, 0.717) is 6.42 Å². The van der Waals surface area contributed by atoms with Crippen LogP contribution in [0.25, 0.3) is 0 Å². The van der Waals surface area contributed by atoms with Crippen molar-refractivity contribution in [2.75, 3.05) is 5.33 Å². The van der Waals surface area contributed by atoms with E-state index in [1.807, 2.05) is 0 Å². The average Bonchev–Trinajstić information content (AvgIpc) is 2.26. The number of hydrogen-bond donors (Lipinski definition) is 1. The van der Waals surface area contributed by atoms with Crippen molar-refractivity contribution in [3.8, 4) is 0 Å². The third-order valence-corrected chi connectivity index (χ3v) is 3.05. The van der Waals surface area contributed by atoms with Gasteiger partial charge >= 0.3 is 0 Å². The number of halogens is 1. The summed E-state index contributed by atoms with van der Waals surface area (Å²) in [6.07, 6.45) is 10.7. The minimum absolute atomic E-state index is 0.0623. The average molecular weight is 277 g/mol. The van der Waals surface area contributed by atoms with Gasteiger partial charge in [-0.15, -0.1) is 0 Å². The summed E-state index contributed by atoms with van der Waals surface area (Å²) in [4.78, 5) is 10.8. The van der Waals surface area contributed by atoms with E-state index >= 15 is 0 Å². The number of nitrogens with one attached hydrogen (secondary N) is 1. The summed E-state index contributed by atoms with van der Waals surface area (Å²) < 4.78 is 0. The molecule has 15 heavy (non-hydrogen) atoms. The fourth-order valence-corrected chi connectivity index (χ4v) is 1.93. The molecule has 1 radical (unpaired) electrons. The van der Waals surface area contributed by atoms with Gasteiger partial charge in [0.05, 0.1) is 0 Å². The minimum Gasteiger partial charge on any atom is -0.354 e. The van der Waals surface area contributed by atoms with Crippen molar-refractivity contribution in [1.29, 1.82) is 0 Å². The molecule has 0 fully saturated rings. The highest BCUT2D eigenvalue weighted by Gasteiger charge is 1.97. The maximum atomic E-state index is 10.8. The minimum atomic E-state index is 0.0623. The zero-order chi connectivity index (χ0) is 11.4. The Hall–Kier alpha value is -0.0500. The van der Waals surface area contributed by atoms with E-state index < -0.39 is 0 Å². The standard InChI is InChI=1S/C12H23BrNO/c1-14-12(15)10-8-6-4-2-3-5-7-9-11-13/h1-11H2,(H,14,15). The van der Waals surface area contributed by atoms with Gasteiger partial charge in [-0.3, -0.25) is 4.79 Å². The molecule has 0 aromatic rings. The van der Waals surface area contributed by atoms with Gasteiger partial charge in [-0.25, -0.2) is 0 Å². The molecule has 0 aliphatic carbocycles. The summed E-state index contributed by atoms with van der Waals surface area (Å²) in [5.41, 5.74) is 0. The first kappa shape index (κ1) is 14.9. The number of hydrogen-bond acceptors (Lipinski definition) is 1. The number of unbranched alkanes of at least 4 members (excludes halogenated alkanes) is 7. The normalized spacial score (nSPS) is 10.3. The van der Waals surface area contributed by atoms with Gasteiger partial charge in [-0.05, 0) is 12.8 Å². The molecular weight excluding hydrogens is 254 g/mol. The lowest BCUT2D eigenvalue weighted by Gasteiger charge is -2.01. The van der Waals surface area contributed by atoms with Gasteiger partial charge in [0.2, 0.25) is 5.91 Å². The van der Waals surface area contributed by atoms with E-state index in [-0.39, 0.29) is 5.91 Å².